The molecule has 0 spiro atoms. The van der Waals surface area contributed by atoms with Crippen molar-refractivity contribution in [2.45, 2.75) is 11.8 Å². The third-order valence-corrected chi connectivity index (χ3v) is 6.65. The molecule has 0 saturated heterocycles. The van der Waals surface area contributed by atoms with Crippen molar-refractivity contribution in [2.75, 3.05) is 0 Å². The van der Waals surface area contributed by atoms with Crippen LogP contribution in [0, 0.1) is 6.92 Å². The maximum Gasteiger partial charge on any atom is 0.285 e. The molecule has 23 heavy (non-hydrogen) atoms. The molecular weight excluding hydrogens is 375 g/mol. The Morgan fingerprint density at radius 2 is 1.74 bits per heavy atom. The van der Waals surface area contributed by atoms with Crippen LogP contribution in [-0.2, 0) is 17.1 Å². The molecule has 2 aromatic carbocycles. The lowest BCUT2D eigenvalue weighted by atomic mass is 10.2. The highest BCUT2D eigenvalue weighted by atomic mass is 35.5. The van der Waals surface area contributed by atoms with Crippen LogP contribution in [0.15, 0.2) is 45.7 Å². The van der Waals surface area contributed by atoms with Crippen LogP contribution in [0.2, 0.25) is 10.0 Å². The molecule has 0 aliphatic rings. The van der Waals surface area contributed by atoms with Gasteiger partial charge in [0.1, 0.15) is 0 Å². The van der Waals surface area contributed by atoms with Gasteiger partial charge in [-0.15, -0.1) is 4.40 Å². The van der Waals surface area contributed by atoms with E-state index in [4.69, 9.17) is 23.2 Å². The fraction of sp³-hybridized carbons (Fsp3) is 0.133. The zero-order valence-electron chi connectivity index (χ0n) is 12.2. The summed E-state index contributed by atoms with van der Waals surface area (Å²) in [5, 5.41) is 1.05. The second kappa shape index (κ2) is 5.94. The van der Waals surface area contributed by atoms with E-state index >= 15 is 0 Å². The van der Waals surface area contributed by atoms with E-state index in [1.807, 2.05) is 13.0 Å². The number of rotatable bonds is 2. The minimum absolute atomic E-state index is 0.0992. The molecule has 0 unspecified atom stereocenters. The van der Waals surface area contributed by atoms with Crippen molar-refractivity contribution in [3.8, 4) is 0 Å². The third-order valence-electron chi connectivity index (χ3n) is 3.41. The maximum absolute atomic E-state index is 12.5. The van der Waals surface area contributed by atoms with Gasteiger partial charge in [-0.2, -0.15) is 8.42 Å². The zero-order chi connectivity index (χ0) is 16.8. The standard InChI is InChI=1S/C15H12Cl2N2O2S2/c1-9-3-8-12(17)14-13(9)19(2)15(22-14)18-23(20,21)11-6-4-10(16)5-7-11/h3-8H,1-2H3/b18-15-. The largest absolute Gasteiger partial charge is 0.319 e. The Balaban J connectivity index is 2.26. The third kappa shape index (κ3) is 3.04. The fourth-order valence-electron chi connectivity index (χ4n) is 2.26. The number of thiazole rings is 1. The van der Waals surface area contributed by atoms with Gasteiger partial charge in [-0.25, -0.2) is 0 Å². The fourth-order valence-corrected chi connectivity index (χ4v) is 4.98. The molecule has 3 aromatic rings. The highest BCUT2D eigenvalue weighted by Crippen LogP contribution is 2.28. The number of halogens is 2. The van der Waals surface area contributed by atoms with Crippen molar-refractivity contribution < 1.29 is 8.42 Å². The number of hydrogen-bond donors (Lipinski definition) is 0. The molecule has 1 heterocycles. The highest BCUT2D eigenvalue weighted by molar-refractivity contribution is 7.90. The van der Waals surface area contributed by atoms with Gasteiger partial charge in [-0.3, -0.25) is 0 Å². The summed E-state index contributed by atoms with van der Waals surface area (Å²) >= 11 is 13.3. The van der Waals surface area contributed by atoms with Crippen LogP contribution in [0.25, 0.3) is 10.2 Å². The van der Waals surface area contributed by atoms with Crippen LogP contribution in [0.1, 0.15) is 5.56 Å². The van der Waals surface area contributed by atoms with Crippen molar-refractivity contribution in [3.05, 3.63) is 56.8 Å². The normalized spacial score (nSPS) is 13.0. The van der Waals surface area contributed by atoms with Crippen molar-refractivity contribution in [2.24, 2.45) is 11.4 Å². The topological polar surface area (TPSA) is 51.4 Å². The first kappa shape index (κ1) is 16.5. The quantitative estimate of drug-likeness (QED) is 0.664. The molecule has 4 nitrogen and oxygen atoms in total. The van der Waals surface area contributed by atoms with Gasteiger partial charge in [0.15, 0.2) is 0 Å². The summed E-state index contributed by atoms with van der Waals surface area (Å²) in [7, 11) is -2.04. The van der Waals surface area contributed by atoms with Gasteiger partial charge in [-0.1, -0.05) is 40.6 Å². The molecule has 0 amide bonds. The minimum atomic E-state index is -3.81. The first-order valence-electron chi connectivity index (χ1n) is 6.61. The lowest BCUT2D eigenvalue weighted by molar-refractivity contribution is 0.596. The average Bonchev–Trinajstić information content (AvgIpc) is 2.81. The Morgan fingerprint density at radius 3 is 2.35 bits per heavy atom. The molecule has 3 rings (SSSR count). The maximum atomic E-state index is 12.5. The van der Waals surface area contributed by atoms with Gasteiger partial charge in [0.05, 0.1) is 20.1 Å². The van der Waals surface area contributed by atoms with Crippen LogP contribution in [0.4, 0.5) is 0 Å². The predicted octanol–water partition coefficient (Wildman–Crippen LogP) is 4.14. The molecule has 0 bridgehead atoms. The van der Waals surface area contributed by atoms with Gasteiger partial charge in [0.2, 0.25) is 4.80 Å². The Morgan fingerprint density at radius 1 is 1.09 bits per heavy atom. The van der Waals surface area contributed by atoms with E-state index in [2.05, 4.69) is 4.40 Å². The smallest absolute Gasteiger partial charge is 0.285 e. The molecule has 120 valence electrons. The Hall–Kier alpha value is -1.34. The van der Waals surface area contributed by atoms with Gasteiger partial charge in [-0.05, 0) is 42.8 Å². The first-order valence-corrected chi connectivity index (χ1v) is 9.62. The Labute approximate surface area is 147 Å². The Kier molecular flexibility index (Phi) is 4.27. The molecule has 1 aromatic heterocycles. The van der Waals surface area contributed by atoms with Gasteiger partial charge in [0.25, 0.3) is 10.0 Å². The summed E-state index contributed by atoms with van der Waals surface area (Å²) in [4.78, 5) is 0.466. The van der Waals surface area contributed by atoms with E-state index in [1.165, 1.54) is 35.6 Å². The summed E-state index contributed by atoms with van der Waals surface area (Å²) in [5.74, 6) is 0. The van der Waals surface area contributed by atoms with Gasteiger partial charge in [0, 0.05) is 12.1 Å². The van der Waals surface area contributed by atoms with Gasteiger partial charge < -0.3 is 4.57 Å². The van der Waals surface area contributed by atoms with E-state index in [9.17, 15) is 8.42 Å². The average molecular weight is 387 g/mol. The molecule has 0 atom stereocenters. The summed E-state index contributed by atoms with van der Waals surface area (Å²) in [5.41, 5.74) is 1.89. The first-order chi connectivity index (χ1) is 10.8. The number of fused-ring (bicyclic) bond motifs is 1. The predicted molar refractivity (Wildman–Crippen MR) is 94.7 cm³/mol. The summed E-state index contributed by atoms with van der Waals surface area (Å²) in [6.07, 6.45) is 0. The van der Waals surface area contributed by atoms with E-state index in [0.717, 1.165) is 15.8 Å². The number of sulfonamides is 1. The summed E-state index contributed by atoms with van der Waals surface area (Å²) in [6.45, 7) is 1.95. The second-order valence-corrected chi connectivity index (χ2v) is 8.43. The van der Waals surface area contributed by atoms with E-state index in [-0.39, 0.29) is 4.90 Å². The van der Waals surface area contributed by atoms with Crippen LogP contribution >= 0.6 is 34.5 Å². The van der Waals surface area contributed by atoms with Crippen LogP contribution in [-0.4, -0.2) is 13.0 Å². The van der Waals surface area contributed by atoms with Crippen molar-refractivity contribution in [3.63, 3.8) is 0 Å². The van der Waals surface area contributed by atoms with Crippen LogP contribution in [0.5, 0.6) is 0 Å². The van der Waals surface area contributed by atoms with Crippen molar-refractivity contribution in [1.82, 2.24) is 4.57 Å². The van der Waals surface area contributed by atoms with Crippen molar-refractivity contribution in [1.29, 1.82) is 0 Å². The molecule has 0 fully saturated rings. The number of aromatic nitrogens is 1. The highest BCUT2D eigenvalue weighted by Gasteiger charge is 2.15. The van der Waals surface area contributed by atoms with E-state index in [0.29, 0.717) is 14.8 Å². The second-order valence-electron chi connectivity index (χ2n) is 5.01. The number of benzene rings is 2. The number of nitrogens with zero attached hydrogens (tertiary/aromatic N) is 2. The van der Waals surface area contributed by atoms with Crippen molar-refractivity contribution >= 4 is 54.8 Å². The summed E-state index contributed by atoms with van der Waals surface area (Å²) < 4.78 is 31.5. The zero-order valence-corrected chi connectivity index (χ0v) is 15.4. The SMILES string of the molecule is Cc1ccc(Cl)c2s/c(=N\S(=O)(=O)c3ccc(Cl)cc3)n(C)c12. The number of hydrogen-bond acceptors (Lipinski definition) is 3. The lowest BCUT2D eigenvalue weighted by Gasteiger charge is -2.01. The van der Waals surface area contributed by atoms with Gasteiger partial charge >= 0.3 is 0 Å². The lowest BCUT2D eigenvalue weighted by Crippen LogP contribution is -2.14. The summed E-state index contributed by atoms with van der Waals surface area (Å²) in [6, 6.07) is 9.62. The molecule has 0 radical (unpaired) electrons. The van der Waals surface area contributed by atoms with E-state index < -0.39 is 10.0 Å². The minimum Gasteiger partial charge on any atom is -0.319 e. The van der Waals surface area contributed by atoms with E-state index in [1.54, 1.807) is 17.7 Å². The van der Waals surface area contributed by atoms with Crippen LogP contribution in [0.3, 0.4) is 0 Å². The molecule has 0 aliphatic carbocycles. The molecule has 0 aliphatic heterocycles. The monoisotopic (exact) mass is 386 g/mol. The Bertz CT molecular complexity index is 1070. The molecule has 0 N–H and O–H groups in total. The molecular formula is C15H12Cl2N2O2S2. The molecule has 8 heteroatoms. The number of aryl methyl sites for hydroxylation is 2. The molecule has 0 saturated carbocycles. The van der Waals surface area contributed by atoms with Crippen LogP contribution < -0.4 is 4.80 Å².